The van der Waals surface area contributed by atoms with Crippen molar-refractivity contribution >= 4 is 12.1 Å². The molecule has 0 spiro atoms. The number of carbonyl (C=O) groups is 1. The van der Waals surface area contributed by atoms with Gasteiger partial charge in [-0.25, -0.2) is 0 Å². The van der Waals surface area contributed by atoms with Crippen LogP contribution in [-0.4, -0.2) is 42.3 Å². The molecule has 1 fully saturated rings. The maximum absolute atomic E-state index is 13.6. The zero-order chi connectivity index (χ0) is 15.4. The summed E-state index contributed by atoms with van der Waals surface area (Å²) in [6.07, 6.45) is 0.784. The van der Waals surface area contributed by atoms with Crippen LogP contribution < -0.4 is 0 Å². The Hall–Kier alpha value is -1.33. The molecule has 0 aromatic heterocycles. The lowest BCUT2D eigenvalue weighted by atomic mass is 9.66. The summed E-state index contributed by atoms with van der Waals surface area (Å²) in [6, 6.07) is -0.207. The number of rotatable bonds is 1. The summed E-state index contributed by atoms with van der Waals surface area (Å²) in [5, 5.41) is 0. The summed E-state index contributed by atoms with van der Waals surface area (Å²) in [5.41, 5.74) is 0. The molecule has 3 rings (SSSR count). The molecule has 0 saturated carbocycles. The summed E-state index contributed by atoms with van der Waals surface area (Å²) >= 11 is 0. The maximum Gasteiger partial charge on any atom is 0.393 e. The van der Waals surface area contributed by atoms with Crippen LogP contribution in [0.3, 0.4) is 0 Å². The molecule has 1 aliphatic carbocycles. The summed E-state index contributed by atoms with van der Waals surface area (Å²) in [5.74, 6) is -4.04. The van der Waals surface area contributed by atoms with Gasteiger partial charge in [0, 0.05) is 12.1 Å². The highest BCUT2D eigenvalue weighted by Crippen LogP contribution is 2.51. The van der Waals surface area contributed by atoms with Crippen molar-refractivity contribution in [1.29, 1.82) is 0 Å². The van der Waals surface area contributed by atoms with Crippen LogP contribution >= 0.6 is 0 Å². The van der Waals surface area contributed by atoms with Crippen LogP contribution in [-0.2, 0) is 4.79 Å². The zero-order valence-electron chi connectivity index (χ0n) is 12.0. The molecule has 116 valence electrons. The highest BCUT2D eigenvalue weighted by atomic mass is 19.4. The molecule has 0 radical (unpaired) electrons. The second-order valence-corrected chi connectivity index (χ2v) is 6.48. The number of hydrogen-bond acceptors (Lipinski definition) is 2. The molecule has 1 saturated heterocycles. The third-order valence-electron chi connectivity index (χ3n) is 5.03. The first-order chi connectivity index (χ1) is 9.82. The number of halogens is 3. The van der Waals surface area contributed by atoms with Crippen molar-refractivity contribution in [3.05, 3.63) is 12.2 Å². The van der Waals surface area contributed by atoms with E-state index in [0.717, 1.165) is 0 Å². The Kier molecular flexibility index (Phi) is 3.37. The molecule has 1 amide bonds. The Morgan fingerprint density at radius 3 is 2.67 bits per heavy atom. The van der Waals surface area contributed by atoms with E-state index in [1.165, 1.54) is 0 Å². The van der Waals surface area contributed by atoms with Crippen molar-refractivity contribution in [2.24, 2.45) is 34.6 Å². The predicted octanol–water partition coefficient (Wildman–Crippen LogP) is 2.53. The molecule has 5 atom stereocenters. The van der Waals surface area contributed by atoms with E-state index in [-0.39, 0.29) is 23.8 Å². The fraction of sp³-hybridized carbons (Fsp3) is 0.733. The van der Waals surface area contributed by atoms with Crippen LogP contribution in [0.4, 0.5) is 13.2 Å². The molecule has 2 aliphatic heterocycles. The van der Waals surface area contributed by atoms with Gasteiger partial charge in [-0.05, 0) is 11.8 Å². The molecule has 2 heterocycles. The molecular weight excluding hydrogens is 281 g/mol. The lowest BCUT2D eigenvalue weighted by molar-refractivity contribution is -0.208. The van der Waals surface area contributed by atoms with E-state index < -0.39 is 23.9 Å². The predicted molar refractivity (Wildman–Crippen MR) is 72.9 cm³/mol. The van der Waals surface area contributed by atoms with Gasteiger partial charge in [-0.3, -0.25) is 9.79 Å². The second-order valence-electron chi connectivity index (χ2n) is 6.48. The largest absolute Gasteiger partial charge is 0.393 e. The number of allylic oxidation sites excluding steroid dienone is 1. The van der Waals surface area contributed by atoms with Crippen LogP contribution in [0, 0.1) is 29.6 Å². The van der Waals surface area contributed by atoms with Gasteiger partial charge in [0.1, 0.15) is 0 Å². The number of fused-ring (bicyclic) bond motifs is 3. The molecule has 5 unspecified atom stereocenters. The van der Waals surface area contributed by atoms with Crippen molar-refractivity contribution in [3.63, 3.8) is 0 Å². The summed E-state index contributed by atoms with van der Waals surface area (Å²) in [6.45, 7) is 4.31. The van der Waals surface area contributed by atoms with E-state index in [1.807, 2.05) is 6.08 Å². The van der Waals surface area contributed by atoms with Crippen molar-refractivity contribution in [2.45, 2.75) is 26.1 Å². The molecule has 0 aromatic carbocycles. The van der Waals surface area contributed by atoms with Crippen molar-refractivity contribution in [1.82, 2.24) is 4.90 Å². The quantitative estimate of drug-likeness (QED) is 0.685. The zero-order valence-corrected chi connectivity index (χ0v) is 12.0. The van der Waals surface area contributed by atoms with Gasteiger partial charge in [0.15, 0.2) is 0 Å². The van der Waals surface area contributed by atoms with E-state index in [1.54, 1.807) is 31.0 Å². The van der Waals surface area contributed by atoms with Gasteiger partial charge in [0.05, 0.1) is 31.0 Å². The van der Waals surface area contributed by atoms with Crippen LogP contribution in [0.5, 0.6) is 0 Å². The molecule has 3 aliphatic rings. The highest BCUT2D eigenvalue weighted by Gasteiger charge is 2.61. The maximum atomic E-state index is 13.6. The van der Waals surface area contributed by atoms with Gasteiger partial charge < -0.3 is 4.90 Å². The summed E-state index contributed by atoms with van der Waals surface area (Å²) in [4.78, 5) is 18.3. The van der Waals surface area contributed by atoms with Gasteiger partial charge >= 0.3 is 6.18 Å². The van der Waals surface area contributed by atoms with Crippen molar-refractivity contribution < 1.29 is 18.0 Å². The average Bonchev–Trinajstić information content (AvgIpc) is 2.71. The van der Waals surface area contributed by atoms with E-state index in [9.17, 15) is 18.0 Å². The minimum atomic E-state index is -4.35. The van der Waals surface area contributed by atoms with Gasteiger partial charge in [-0.15, -0.1) is 0 Å². The number of nitrogens with zero attached hydrogens (tertiary/aromatic N) is 2. The molecule has 6 heteroatoms. The molecular formula is C15H19F3N2O. The number of aliphatic imine (C=N–C) groups is 1. The smallest absolute Gasteiger partial charge is 0.332 e. The normalized spacial score (nSPS) is 38.9. The van der Waals surface area contributed by atoms with E-state index in [4.69, 9.17) is 0 Å². The van der Waals surface area contributed by atoms with Crippen molar-refractivity contribution in [3.8, 4) is 0 Å². The number of carbonyl (C=O) groups excluding carboxylic acids is 1. The van der Waals surface area contributed by atoms with E-state index >= 15 is 0 Å². The van der Waals surface area contributed by atoms with E-state index in [0.29, 0.717) is 13.1 Å². The van der Waals surface area contributed by atoms with E-state index in [2.05, 4.69) is 4.99 Å². The lowest BCUT2D eigenvalue weighted by Gasteiger charge is -2.38. The fourth-order valence-electron chi connectivity index (χ4n) is 4.06. The minimum Gasteiger partial charge on any atom is -0.332 e. The second kappa shape index (κ2) is 4.85. The summed E-state index contributed by atoms with van der Waals surface area (Å²) < 4.78 is 40.8. The topological polar surface area (TPSA) is 32.7 Å². The van der Waals surface area contributed by atoms with Crippen molar-refractivity contribution in [2.75, 3.05) is 13.1 Å². The average molecular weight is 300 g/mol. The van der Waals surface area contributed by atoms with Crippen LogP contribution in [0.15, 0.2) is 17.1 Å². The van der Waals surface area contributed by atoms with Gasteiger partial charge in [0.2, 0.25) is 5.91 Å². The number of amides is 1. The Labute approximate surface area is 121 Å². The van der Waals surface area contributed by atoms with Gasteiger partial charge in [-0.2, -0.15) is 13.2 Å². The Morgan fingerprint density at radius 1 is 1.33 bits per heavy atom. The first kappa shape index (κ1) is 14.6. The molecule has 21 heavy (non-hydrogen) atoms. The highest BCUT2D eigenvalue weighted by molar-refractivity contribution is 5.86. The monoisotopic (exact) mass is 300 g/mol. The van der Waals surface area contributed by atoms with Gasteiger partial charge in [0.25, 0.3) is 0 Å². The Balaban J connectivity index is 2.02. The molecule has 0 bridgehead atoms. The van der Waals surface area contributed by atoms with Crippen LogP contribution in [0.1, 0.15) is 13.8 Å². The lowest BCUT2D eigenvalue weighted by Crippen LogP contribution is -2.45. The Morgan fingerprint density at radius 2 is 2.05 bits per heavy atom. The number of alkyl halides is 3. The third-order valence-corrected chi connectivity index (χ3v) is 5.03. The fourth-order valence-corrected chi connectivity index (χ4v) is 4.06. The molecule has 3 nitrogen and oxygen atoms in total. The SMILES string of the molecule is CC(C)C1C=CC2C(C(=O)N3CC=NCC23)C1C(F)(F)F. The third kappa shape index (κ3) is 2.19. The van der Waals surface area contributed by atoms with Crippen LogP contribution in [0.25, 0.3) is 0 Å². The first-order valence-electron chi connectivity index (χ1n) is 7.36. The van der Waals surface area contributed by atoms with Crippen LogP contribution in [0.2, 0.25) is 0 Å². The molecule has 0 N–H and O–H groups in total. The standard InChI is InChI=1S/C15H19F3N2O/c1-8(2)9-3-4-10-11-7-19-5-6-20(11)14(21)12(10)13(9)15(16,17)18/h3-5,8-13H,6-7H2,1-2H3. The minimum absolute atomic E-state index is 0.143. The summed E-state index contributed by atoms with van der Waals surface area (Å²) in [7, 11) is 0. The first-order valence-corrected chi connectivity index (χ1v) is 7.36. The number of hydrogen-bond donors (Lipinski definition) is 0. The Bertz CT molecular complexity index is 498. The van der Waals surface area contributed by atoms with Gasteiger partial charge in [-0.1, -0.05) is 26.0 Å². The molecule has 0 aromatic rings.